The molecule has 0 bridgehead atoms. The lowest BCUT2D eigenvalue weighted by Crippen LogP contribution is -2.53. The Hall–Kier alpha value is -0.610. The van der Waals surface area contributed by atoms with Gasteiger partial charge in [0.1, 0.15) is 0 Å². The lowest BCUT2D eigenvalue weighted by atomic mass is 9.86. The summed E-state index contributed by atoms with van der Waals surface area (Å²) >= 11 is 0. The first-order valence-electron chi connectivity index (χ1n) is 5.93. The van der Waals surface area contributed by atoms with E-state index < -0.39 is 0 Å². The van der Waals surface area contributed by atoms with Crippen LogP contribution < -0.4 is 10.6 Å². The summed E-state index contributed by atoms with van der Waals surface area (Å²) < 4.78 is 0. The molecule has 0 saturated carbocycles. The topological polar surface area (TPSA) is 44.4 Å². The van der Waals surface area contributed by atoms with E-state index in [2.05, 4.69) is 15.5 Å². The van der Waals surface area contributed by atoms with Crippen molar-refractivity contribution in [3.63, 3.8) is 0 Å². The highest BCUT2D eigenvalue weighted by atomic mass is 16.1. The third kappa shape index (κ3) is 2.16. The van der Waals surface area contributed by atoms with Gasteiger partial charge in [-0.15, -0.1) is 0 Å². The minimum absolute atomic E-state index is 0.148. The monoisotopic (exact) mass is 211 g/mol. The second-order valence-corrected chi connectivity index (χ2v) is 4.67. The Bertz CT molecular complexity index is 236. The second-order valence-electron chi connectivity index (χ2n) is 4.67. The van der Waals surface area contributed by atoms with Crippen molar-refractivity contribution in [3.8, 4) is 0 Å². The average Bonchev–Trinajstić information content (AvgIpc) is 2.63. The van der Waals surface area contributed by atoms with E-state index in [4.69, 9.17) is 0 Å². The molecule has 0 unspecified atom stereocenters. The number of likely N-dealkylation sites (tertiary alicyclic amines) is 1. The van der Waals surface area contributed by atoms with Crippen molar-refractivity contribution in [1.82, 2.24) is 15.5 Å². The number of rotatable bonds is 2. The van der Waals surface area contributed by atoms with Gasteiger partial charge in [-0.3, -0.25) is 9.69 Å². The largest absolute Gasteiger partial charge is 0.358 e. The number of hydrogen-bond donors (Lipinski definition) is 2. The molecule has 4 heteroatoms. The Morgan fingerprint density at radius 3 is 2.80 bits per heavy atom. The minimum atomic E-state index is 0.148. The third-order valence-corrected chi connectivity index (χ3v) is 3.89. The number of hydrogen-bond acceptors (Lipinski definition) is 3. The summed E-state index contributed by atoms with van der Waals surface area (Å²) in [6, 6.07) is 0. The highest BCUT2D eigenvalue weighted by molar-refractivity contribution is 5.77. The molecule has 2 aliphatic heterocycles. The number of piperidine rings is 1. The zero-order chi connectivity index (χ0) is 10.7. The van der Waals surface area contributed by atoms with Gasteiger partial charge in [-0.25, -0.2) is 0 Å². The van der Waals surface area contributed by atoms with E-state index in [1.165, 1.54) is 25.7 Å². The maximum atomic E-state index is 11.4. The average molecular weight is 211 g/mol. The predicted molar refractivity (Wildman–Crippen MR) is 59.7 cm³/mol. The lowest BCUT2D eigenvalue weighted by Gasteiger charge is -2.41. The number of carbonyl (C=O) groups excluding carboxylic acids is 1. The van der Waals surface area contributed by atoms with Gasteiger partial charge in [0.2, 0.25) is 5.91 Å². The van der Waals surface area contributed by atoms with E-state index in [0.29, 0.717) is 12.1 Å². The fraction of sp³-hybridized carbons (Fsp3) is 0.909. The molecular weight excluding hydrogens is 190 g/mol. The molecule has 2 saturated heterocycles. The molecule has 1 spiro atoms. The molecule has 2 heterocycles. The zero-order valence-corrected chi connectivity index (χ0v) is 9.51. The summed E-state index contributed by atoms with van der Waals surface area (Å²) in [6.07, 6.45) is 4.91. The molecular formula is C11H21N3O. The van der Waals surface area contributed by atoms with E-state index in [1.54, 1.807) is 7.05 Å². The predicted octanol–water partition coefficient (Wildman–Crippen LogP) is -0.0496. The van der Waals surface area contributed by atoms with Gasteiger partial charge in [0, 0.05) is 12.6 Å². The van der Waals surface area contributed by atoms with E-state index >= 15 is 0 Å². The zero-order valence-electron chi connectivity index (χ0n) is 9.51. The maximum Gasteiger partial charge on any atom is 0.233 e. The smallest absolute Gasteiger partial charge is 0.233 e. The molecule has 0 radical (unpaired) electrons. The summed E-state index contributed by atoms with van der Waals surface area (Å²) in [5.41, 5.74) is 0.331. The molecule has 2 fully saturated rings. The van der Waals surface area contributed by atoms with Crippen LogP contribution in [0.15, 0.2) is 0 Å². The first-order valence-corrected chi connectivity index (χ1v) is 5.93. The van der Waals surface area contributed by atoms with Crippen molar-refractivity contribution < 1.29 is 4.79 Å². The highest BCUT2D eigenvalue weighted by Gasteiger charge is 2.41. The van der Waals surface area contributed by atoms with Crippen molar-refractivity contribution in [2.45, 2.75) is 31.2 Å². The van der Waals surface area contributed by atoms with Crippen LogP contribution in [0.25, 0.3) is 0 Å². The standard InChI is InChI=1S/C11H21N3O/c1-12-10(15)9-14-8-2-3-11(14)4-6-13-7-5-11/h13H,2-9H2,1H3,(H,12,15). The Morgan fingerprint density at radius 1 is 1.40 bits per heavy atom. The first kappa shape index (κ1) is 10.9. The van der Waals surface area contributed by atoms with Crippen LogP contribution >= 0.6 is 0 Å². The SMILES string of the molecule is CNC(=O)CN1CCCC12CCNCC2. The molecule has 4 nitrogen and oxygen atoms in total. The Balaban J connectivity index is 2.00. The fourth-order valence-corrected chi connectivity index (χ4v) is 2.95. The maximum absolute atomic E-state index is 11.4. The number of amides is 1. The molecule has 0 aliphatic carbocycles. The molecule has 86 valence electrons. The van der Waals surface area contributed by atoms with Crippen molar-refractivity contribution in [1.29, 1.82) is 0 Å². The van der Waals surface area contributed by atoms with Crippen molar-refractivity contribution in [3.05, 3.63) is 0 Å². The summed E-state index contributed by atoms with van der Waals surface area (Å²) in [4.78, 5) is 13.8. The van der Waals surface area contributed by atoms with Gasteiger partial charge in [0.15, 0.2) is 0 Å². The Morgan fingerprint density at radius 2 is 2.13 bits per heavy atom. The molecule has 0 aromatic carbocycles. The third-order valence-electron chi connectivity index (χ3n) is 3.89. The number of nitrogens with one attached hydrogen (secondary N) is 2. The molecule has 2 aliphatic rings. The van der Waals surface area contributed by atoms with Gasteiger partial charge in [-0.1, -0.05) is 0 Å². The van der Waals surface area contributed by atoms with Crippen LogP contribution in [0.4, 0.5) is 0 Å². The number of carbonyl (C=O) groups is 1. The van der Waals surface area contributed by atoms with Gasteiger partial charge < -0.3 is 10.6 Å². The molecule has 0 aromatic heterocycles. The molecule has 15 heavy (non-hydrogen) atoms. The normalized spacial score (nSPS) is 25.7. The number of likely N-dealkylation sites (N-methyl/N-ethyl adjacent to an activating group) is 1. The summed E-state index contributed by atoms with van der Waals surface area (Å²) in [6.45, 7) is 3.87. The van der Waals surface area contributed by atoms with Gasteiger partial charge >= 0.3 is 0 Å². The summed E-state index contributed by atoms with van der Waals surface area (Å²) in [5.74, 6) is 0.148. The Labute approximate surface area is 91.4 Å². The molecule has 0 atom stereocenters. The van der Waals surface area contributed by atoms with E-state index in [1.807, 2.05) is 0 Å². The summed E-state index contributed by atoms with van der Waals surface area (Å²) in [5, 5.41) is 6.11. The van der Waals surface area contributed by atoms with Gasteiger partial charge in [0.05, 0.1) is 6.54 Å². The molecule has 2 rings (SSSR count). The number of nitrogens with zero attached hydrogens (tertiary/aromatic N) is 1. The fourth-order valence-electron chi connectivity index (χ4n) is 2.95. The van der Waals surface area contributed by atoms with Crippen LogP contribution in [0.3, 0.4) is 0 Å². The van der Waals surface area contributed by atoms with Gasteiger partial charge in [-0.05, 0) is 45.3 Å². The highest BCUT2D eigenvalue weighted by Crippen LogP contribution is 2.36. The quantitative estimate of drug-likeness (QED) is 0.673. The first-order chi connectivity index (χ1) is 7.27. The Kier molecular flexibility index (Phi) is 3.26. The van der Waals surface area contributed by atoms with Crippen molar-refractivity contribution in [2.75, 3.05) is 33.2 Å². The van der Waals surface area contributed by atoms with Crippen LogP contribution in [-0.4, -0.2) is 49.6 Å². The minimum Gasteiger partial charge on any atom is -0.358 e. The van der Waals surface area contributed by atoms with E-state index in [-0.39, 0.29) is 5.91 Å². The molecule has 0 aromatic rings. The second kappa shape index (κ2) is 4.49. The van der Waals surface area contributed by atoms with Crippen LogP contribution in [0, 0.1) is 0 Å². The van der Waals surface area contributed by atoms with E-state index in [0.717, 1.165) is 19.6 Å². The van der Waals surface area contributed by atoms with Crippen molar-refractivity contribution in [2.24, 2.45) is 0 Å². The molecule has 1 amide bonds. The molecule has 2 N–H and O–H groups in total. The van der Waals surface area contributed by atoms with Crippen molar-refractivity contribution >= 4 is 5.91 Å². The van der Waals surface area contributed by atoms with Crippen LogP contribution in [0.5, 0.6) is 0 Å². The summed E-state index contributed by atoms with van der Waals surface area (Å²) in [7, 11) is 1.72. The lowest BCUT2D eigenvalue weighted by molar-refractivity contribution is -0.123. The van der Waals surface area contributed by atoms with Crippen LogP contribution in [0.2, 0.25) is 0 Å². The van der Waals surface area contributed by atoms with Gasteiger partial charge in [-0.2, -0.15) is 0 Å². The van der Waals surface area contributed by atoms with Crippen LogP contribution in [0.1, 0.15) is 25.7 Å². The van der Waals surface area contributed by atoms with Gasteiger partial charge in [0.25, 0.3) is 0 Å². The van der Waals surface area contributed by atoms with E-state index in [9.17, 15) is 4.79 Å². The van der Waals surface area contributed by atoms with Crippen LogP contribution in [-0.2, 0) is 4.79 Å².